The fraction of sp³-hybridized carbons (Fsp3) is 0.588. The Balaban J connectivity index is 1.47. The van der Waals surface area contributed by atoms with Gasteiger partial charge in [0.05, 0.1) is 18.8 Å². The summed E-state index contributed by atoms with van der Waals surface area (Å²) in [5.74, 6) is 1.00. The number of ether oxygens (including phenoxy) is 2. The zero-order valence-corrected chi connectivity index (χ0v) is 13.3. The molecule has 0 saturated carbocycles. The third-order valence-corrected chi connectivity index (χ3v) is 4.15. The first-order valence-corrected chi connectivity index (χ1v) is 8.04. The molecular weight excluding hydrogens is 280 g/mol. The van der Waals surface area contributed by atoms with Crippen molar-refractivity contribution in [3.8, 4) is 5.75 Å². The molecule has 0 aromatic heterocycles. The lowest BCUT2D eigenvalue weighted by Gasteiger charge is -2.35. The Morgan fingerprint density at radius 1 is 1.32 bits per heavy atom. The van der Waals surface area contributed by atoms with E-state index in [2.05, 4.69) is 17.4 Å². The van der Waals surface area contributed by atoms with Crippen LogP contribution in [0.2, 0.25) is 0 Å². The maximum Gasteiger partial charge on any atom is 0.317 e. The van der Waals surface area contributed by atoms with E-state index in [9.17, 15) is 4.79 Å². The topological polar surface area (TPSA) is 50.8 Å². The SMILES string of the molecule is C[C@H]1CN(C(=O)NCCc2ccc3c(c2)CCO3)C[C@H](C)O1. The maximum atomic E-state index is 12.2. The largest absolute Gasteiger partial charge is 0.493 e. The molecule has 3 rings (SSSR count). The van der Waals surface area contributed by atoms with Crippen LogP contribution in [0.4, 0.5) is 4.79 Å². The first-order valence-electron chi connectivity index (χ1n) is 8.04. The summed E-state index contributed by atoms with van der Waals surface area (Å²) in [6.07, 6.45) is 2.03. The van der Waals surface area contributed by atoms with Crippen molar-refractivity contribution in [3.05, 3.63) is 29.3 Å². The molecule has 2 atom stereocenters. The second-order valence-electron chi connectivity index (χ2n) is 6.18. The molecular formula is C17H24N2O3. The van der Waals surface area contributed by atoms with Crippen molar-refractivity contribution >= 4 is 6.03 Å². The normalized spacial score (nSPS) is 23.8. The summed E-state index contributed by atoms with van der Waals surface area (Å²) in [4.78, 5) is 14.0. The maximum absolute atomic E-state index is 12.2. The first kappa shape index (κ1) is 15.2. The Morgan fingerprint density at radius 3 is 2.86 bits per heavy atom. The molecule has 0 unspecified atom stereocenters. The van der Waals surface area contributed by atoms with Gasteiger partial charge in [-0.1, -0.05) is 12.1 Å². The quantitative estimate of drug-likeness (QED) is 0.929. The molecule has 0 bridgehead atoms. The third kappa shape index (κ3) is 3.53. The highest BCUT2D eigenvalue weighted by atomic mass is 16.5. The number of nitrogens with zero attached hydrogens (tertiary/aromatic N) is 1. The number of amides is 2. The number of fused-ring (bicyclic) bond motifs is 1. The molecule has 120 valence electrons. The van der Waals surface area contributed by atoms with Crippen LogP contribution in [0.3, 0.4) is 0 Å². The van der Waals surface area contributed by atoms with Gasteiger partial charge in [0.15, 0.2) is 0 Å². The Morgan fingerprint density at radius 2 is 2.09 bits per heavy atom. The van der Waals surface area contributed by atoms with E-state index >= 15 is 0 Å². The minimum absolute atomic E-state index is 0.00601. The highest BCUT2D eigenvalue weighted by molar-refractivity contribution is 5.74. The number of hydrogen-bond acceptors (Lipinski definition) is 3. The summed E-state index contributed by atoms with van der Waals surface area (Å²) in [6, 6.07) is 6.31. The van der Waals surface area contributed by atoms with Gasteiger partial charge in [-0.05, 0) is 37.5 Å². The standard InChI is InChI=1S/C17H24N2O3/c1-12-10-19(11-13(2)22-12)17(20)18-7-5-14-3-4-16-15(9-14)6-8-21-16/h3-4,9,12-13H,5-8,10-11H2,1-2H3,(H,18,20)/t12-,13-/m0/s1. The van der Waals surface area contributed by atoms with E-state index in [1.165, 1.54) is 11.1 Å². The van der Waals surface area contributed by atoms with Crippen molar-refractivity contribution in [2.45, 2.75) is 38.9 Å². The molecule has 22 heavy (non-hydrogen) atoms. The van der Waals surface area contributed by atoms with Gasteiger partial charge in [-0.15, -0.1) is 0 Å². The second kappa shape index (κ2) is 6.57. The number of morpholine rings is 1. The number of carbonyl (C=O) groups is 1. The van der Waals surface area contributed by atoms with Gasteiger partial charge in [0, 0.05) is 26.1 Å². The van der Waals surface area contributed by atoms with Crippen molar-refractivity contribution in [1.29, 1.82) is 0 Å². The van der Waals surface area contributed by atoms with Gasteiger partial charge in [0.25, 0.3) is 0 Å². The van der Waals surface area contributed by atoms with Crippen LogP contribution in [0.25, 0.3) is 0 Å². The highest BCUT2D eigenvalue weighted by Crippen LogP contribution is 2.25. The van der Waals surface area contributed by atoms with Gasteiger partial charge in [-0.2, -0.15) is 0 Å². The minimum Gasteiger partial charge on any atom is -0.493 e. The van der Waals surface area contributed by atoms with E-state index < -0.39 is 0 Å². The molecule has 2 amide bonds. The number of carbonyl (C=O) groups excluding carboxylic acids is 1. The number of benzene rings is 1. The Labute approximate surface area is 131 Å². The molecule has 0 aliphatic carbocycles. The average molecular weight is 304 g/mol. The lowest BCUT2D eigenvalue weighted by Crippen LogP contribution is -2.51. The molecule has 2 aliphatic heterocycles. The van der Waals surface area contributed by atoms with Crippen LogP contribution in [0.1, 0.15) is 25.0 Å². The van der Waals surface area contributed by atoms with Crippen molar-refractivity contribution < 1.29 is 14.3 Å². The van der Waals surface area contributed by atoms with Gasteiger partial charge < -0.3 is 19.7 Å². The third-order valence-electron chi connectivity index (χ3n) is 4.15. The van der Waals surface area contributed by atoms with Crippen LogP contribution < -0.4 is 10.1 Å². The Kier molecular flexibility index (Phi) is 4.52. The number of urea groups is 1. The van der Waals surface area contributed by atoms with Crippen molar-refractivity contribution in [3.63, 3.8) is 0 Å². The van der Waals surface area contributed by atoms with Crippen LogP contribution in [0.5, 0.6) is 5.75 Å². The zero-order valence-electron chi connectivity index (χ0n) is 13.3. The van der Waals surface area contributed by atoms with E-state index in [4.69, 9.17) is 9.47 Å². The molecule has 1 fully saturated rings. The summed E-state index contributed by atoms with van der Waals surface area (Å²) in [6.45, 7) is 6.76. The van der Waals surface area contributed by atoms with Crippen LogP contribution in [-0.2, 0) is 17.6 Å². The summed E-state index contributed by atoms with van der Waals surface area (Å²) in [5, 5.41) is 3.01. The number of rotatable bonds is 3. The minimum atomic E-state index is 0.00601. The molecule has 2 heterocycles. The van der Waals surface area contributed by atoms with Crippen molar-refractivity contribution in [2.24, 2.45) is 0 Å². The van der Waals surface area contributed by atoms with Crippen LogP contribution in [-0.4, -0.2) is 49.4 Å². The molecule has 1 N–H and O–H groups in total. The van der Waals surface area contributed by atoms with E-state index in [1.807, 2.05) is 24.8 Å². The Bertz CT molecular complexity index is 537. The van der Waals surface area contributed by atoms with Crippen LogP contribution in [0, 0.1) is 0 Å². The molecule has 5 heteroatoms. The summed E-state index contributed by atoms with van der Waals surface area (Å²) in [5.41, 5.74) is 2.52. The lowest BCUT2D eigenvalue weighted by molar-refractivity contribution is -0.0544. The van der Waals surface area contributed by atoms with Gasteiger partial charge in [0.1, 0.15) is 5.75 Å². The molecule has 1 aromatic carbocycles. The highest BCUT2D eigenvalue weighted by Gasteiger charge is 2.25. The predicted octanol–water partition coefficient (Wildman–Crippen LogP) is 1.98. The van der Waals surface area contributed by atoms with Gasteiger partial charge in [-0.3, -0.25) is 0 Å². The molecule has 5 nitrogen and oxygen atoms in total. The fourth-order valence-electron chi connectivity index (χ4n) is 3.16. The molecule has 0 spiro atoms. The van der Waals surface area contributed by atoms with Crippen molar-refractivity contribution in [2.75, 3.05) is 26.2 Å². The zero-order chi connectivity index (χ0) is 15.5. The van der Waals surface area contributed by atoms with Crippen LogP contribution in [0.15, 0.2) is 18.2 Å². The fourth-order valence-corrected chi connectivity index (χ4v) is 3.16. The monoisotopic (exact) mass is 304 g/mol. The predicted molar refractivity (Wildman–Crippen MR) is 84.3 cm³/mol. The van der Waals surface area contributed by atoms with Crippen molar-refractivity contribution in [1.82, 2.24) is 10.2 Å². The second-order valence-corrected chi connectivity index (χ2v) is 6.18. The lowest BCUT2D eigenvalue weighted by atomic mass is 10.1. The smallest absolute Gasteiger partial charge is 0.317 e. The van der Waals surface area contributed by atoms with Gasteiger partial charge in [0.2, 0.25) is 0 Å². The summed E-state index contributed by atoms with van der Waals surface area (Å²) in [7, 11) is 0. The van der Waals surface area contributed by atoms with E-state index in [1.54, 1.807) is 0 Å². The summed E-state index contributed by atoms with van der Waals surface area (Å²) < 4.78 is 11.2. The Hall–Kier alpha value is -1.75. The molecule has 1 saturated heterocycles. The first-order chi connectivity index (χ1) is 10.6. The average Bonchev–Trinajstić information content (AvgIpc) is 2.93. The summed E-state index contributed by atoms with van der Waals surface area (Å²) >= 11 is 0. The van der Waals surface area contributed by atoms with Gasteiger partial charge >= 0.3 is 6.03 Å². The number of nitrogens with one attached hydrogen (secondary N) is 1. The molecule has 0 radical (unpaired) electrons. The van der Waals surface area contributed by atoms with Crippen LogP contribution >= 0.6 is 0 Å². The van der Waals surface area contributed by atoms with Gasteiger partial charge in [-0.25, -0.2) is 4.79 Å². The van der Waals surface area contributed by atoms with E-state index in [0.717, 1.165) is 25.2 Å². The van der Waals surface area contributed by atoms with E-state index in [-0.39, 0.29) is 18.2 Å². The molecule has 2 aliphatic rings. The number of hydrogen-bond donors (Lipinski definition) is 1. The molecule has 1 aromatic rings. The van der Waals surface area contributed by atoms with E-state index in [0.29, 0.717) is 19.6 Å².